The second-order valence-corrected chi connectivity index (χ2v) is 10.3. The molecule has 1 aliphatic heterocycles. The summed E-state index contributed by atoms with van der Waals surface area (Å²) >= 11 is 1.61. The van der Waals surface area contributed by atoms with Gasteiger partial charge in [0.25, 0.3) is 5.91 Å². The SMILES string of the molecule is CCCN(C(=O)[C@@H]1c2ccccc2C(=O)N(CC(C)C)[C@@H]1c1cccs1)c1ccc(OCC)cc1. The third-order valence-electron chi connectivity index (χ3n) is 6.27. The van der Waals surface area contributed by atoms with Crippen LogP contribution in [-0.2, 0) is 4.79 Å². The van der Waals surface area contributed by atoms with E-state index in [9.17, 15) is 9.59 Å². The van der Waals surface area contributed by atoms with Crippen LogP contribution in [0.1, 0.15) is 66.9 Å². The maximum absolute atomic E-state index is 14.5. The van der Waals surface area contributed by atoms with Crippen LogP contribution in [0.2, 0.25) is 0 Å². The zero-order valence-electron chi connectivity index (χ0n) is 20.9. The highest BCUT2D eigenvalue weighted by molar-refractivity contribution is 7.10. The van der Waals surface area contributed by atoms with Crippen molar-refractivity contribution in [2.75, 3.05) is 24.6 Å². The Balaban J connectivity index is 1.83. The summed E-state index contributed by atoms with van der Waals surface area (Å²) in [4.78, 5) is 33.0. The third kappa shape index (κ3) is 5.13. The highest BCUT2D eigenvalue weighted by Gasteiger charge is 2.46. The van der Waals surface area contributed by atoms with Gasteiger partial charge in [0.05, 0.1) is 18.6 Å². The molecule has 0 saturated heterocycles. The Morgan fingerprint density at radius 3 is 2.43 bits per heavy atom. The Labute approximate surface area is 212 Å². The summed E-state index contributed by atoms with van der Waals surface area (Å²) in [6, 6.07) is 19.0. The fourth-order valence-electron chi connectivity index (χ4n) is 4.88. The lowest BCUT2D eigenvalue weighted by atomic mass is 9.80. The molecule has 184 valence electrons. The van der Waals surface area contributed by atoms with E-state index in [1.54, 1.807) is 11.3 Å². The number of benzene rings is 2. The summed E-state index contributed by atoms with van der Waals surface area (Å²) in [5.41, 5.74) is 2.28. The van der Waals surface area contributed by atoms with Gasteiger partial charge in [-0.2, -0.15) is 0 Å². The number of hydrogen-bond donors (Lipinski definition) is 0. The van der Waals surface area contributed by atoms with Crippen molar-refractivity contribution < 1.29 is 14.3 Å². The molecular weight excluding hydrogens is 456 g/mol. The quantitative estimate of drug-likeness (QED) is 0.343. The standard InChI is InChI=1S/C29H34N2O3S/c1-5-17-30(21-13-15-22(16-14-21)34-6-2)29(33)26-23-10-7-8-11-24(23)28(32)31(19-20(3)4)27(26)25-12-9-18-35-25/h7-16,18,20,26-27H,5-6,17,19H2,1-4H3/t26-,27-/m1/s1. The fourth-order valence-corrected chi connectivity index (χ4v) is 5.75. The third-order valence-corrected chi connectivity index (χ3v) is 7.22. The first-order valence-corrected chi connectivity index (χ1v) is 13.3. The first kappa shape index (κ1) is 25.0. The fraction of sp³-hybridized carbons (Fsp3) is 0.379. The van der Waals surface area contributed by atoms with E-state index in [0.29, 0.717) is 25.3 Å². The van der Waals surface area contributed by atoms with E-state index in [1.807, 2.05) is 82.8 Å². The molecule has 2 atom stereocenters. The van der Waals surface area contributed by atoms with Crippen LogP contribution < -0.4 is 9.64 Å². The van der Waals surface area contributed by atoms with Crippen LogP contribution in [0.25, 0.3) is 0 Å². The number of rotatable bonds is 9. The minimum Gasteiger partial charge on any atom is -0.494 e. The zero-order chi connectivity index (χ0) is 24.9. The van der Waals surface area contributed by atoms with E-state index in [2.05, 4.69) is 20.8 Å². The Bertz CT molecular complexity index is 1140. The summed E-state index contributed by atoms with van der Waals surface area (Å²) < 4.78 is 5.61. The van der Waals surface area contributed by atoms with Gasteiger partial charge in [0.2, 0.25) is 5.91 Å². The average molecular weight is 491 g/mol. The number of carbonyl (C=O) groups is 2. The number of ether oxygens (including phenoxy) is 1. The monoisotopic (exact) mass is 490 g/mol. The van der Waals surface area contributed by atoms with Gasteiger partial charge in [-0.05, 0) is 66.6 Å². The molecule has 1 aromatic heterocycles. The highest BCUT2D eigenvalue weighted by atomic mass is 32.1. The lowest BCUT2D eigenvalue weighted by Gasteiger charge is -2.43. The molecule has 6 heteroatoms. The zero-order valence-corrected chi connectivity index (χ0v) is 21.8. The van der Waals surface area contributed by atoms with E-state index >= 15 is 0 Å². The molecule has 0 unspecified atom stereocenters. The van der Waals surface area contributed by atoms with E-state index in [1.165, 1.54) is 0 Å². The number of nitrogens with zero attached hydrogens (tertiary/aromatic N) is 2. The molecule has 2 aromatic carbocycles. The molecule has 5 nitrogen and oxygen atoms in total. The van der Waals surface area contributed by atoms with Crippen molar-refractivity contribution in [2.24, 2.45) is 5.92 Å². The molecule has 3 aromatic rings. The van der Waals surface area contributed by atoms with Gasteiger partial charge in [-0.1, -0.05) is 45.0 Å². The number of carbonyl (C=O) groups excluding carboxylic acids is 2. The lowest BCUT2D eigenvalue weighted by Crippen LogP contribution is -2.49. The molecule has 0 aliphatic carbocycles. The van der Waals surface area contributed by atoms with E-state index in [0.717, 1.165) is 28.3 Å². The topological polar surface area (TPSA) is 49.9 Å². The molecule has 35 heavy (non-hydrogen) atoms. The van der Waals surface area contributed by atoms with E-state index < -0.39 is 5.92 Å². The number of fused-ring (bicyclic) bond motifs is 1. The molecule has 1 aliphatic rings. The Hall–Kier alpha value is -3.12. The largest absolute Gasteiger partial charge is 0.494 e. The number of hydrogen-bond acceptors (Lipinski definition) is 4. The van der Waals surface area contributed by atoms with Crippen molar-refractivity contribution in [1.29, 1.82) is 0 Å². The molecule has 0 bridgehead atoms. The van der Waals surface area contributed by atoms with E-state index in [4.69, 9.17) is 4.74 Å². The van der Waals surface area contributed by atoms with Crippen LogP contribution in [0.15, 0.2) is 66.0 Å². The Morgan fingerprint density at radius 1 is 1.06 bits per heavy atom. The molecule has 0 fully saturated rings. The molecule has 0 radical (unpaired) electrons. The smallest absolute Gasteiger partial charge is 0.254 e. The summed E-state index contributed by atoms with van der Waals surface area (Å²) in [6.45, 7) is 10.0. The first-order valence-electron chi connectivity index (χ1n) is 12.4. The molecule has 2 amide bonds. The van der Waals surface area contributed by atoms with Gasteiger partial charge < -0.3 is 14.5 Å². The molecule has 0 N–H and O–H groups in total. The van der Waals surface area contributed by atoms with Crippen LogP contribution >= 0.6 is 11.3 Å². The van der Waals surface area contributed by atoms with E-state index in [-0.39, 0.29) is 23.8 Å². The van der Waals surface area contributed by atoms with Crippen LogP contribution in [0, 0.1) is 5.92 Å². The predicted octanol–water partition coefficient (Wildman–Crippen LogP) is 6.53. The van der Waals surface area contributed by atoms with Crippen LogP contribution in [0.4, 0.5) is 5.69 Å². The average Bonchev–Trinajstić information content (AvgIpc) is 3.39. The van der Waals surface area contributed by atoms with Crippen molar-refractivity contribution in [1.82, 2.24) is 4.90 Å². The summed E-state index contributed by atoms with van der Waals surface area (Å²) in [5.74, 6) is 0.594. The second-order valence-electron chi connectivity index (χ2n) is 9.29. The van der Waals surface area contributed by atoms with Gasteiger partial charge in [0, 0.05) is 29.2 Å². The van der Waals surface area contributed by atoms with Gasteiger partial charge in [-0.3, -0.25) is 9.59 Å². The molecule has 4 rings (SSSR count). The lowest BCUT2D eigenvalue weighted by molar-refractivity contribution is -0.121. The predicted molar refractivity (Wildman–Crippen MR) is 142 cm³/mol. The van der Waals surface area contributed by atoms with Gasteiger partial charge >= 0.3 is 0 Å². The van der Waals surface area contributed by atoms with Crippen molar-refractivity contribution in [2.45, 2.75) is 46.1 Å². The summed E-state index contributed by atoms with van der Waals surface area (Å²) in [5, 5.41) is 2.02. The second kappa shape index (κ2) is 11.1. The highest BCUT2D eigenvalue weighted by Crippen LogP contribution is 2.45. The minimum absolute atomic E-state index is 0.000131. The minimum atomic E-state index is -0.487. The van der Waals surface area contributed by atoms with Crippen molar-refractivity contribution >= 4 is 28.8 Å². The first-order chi connectivity index (χ1) is 17.0. The summed E-state index contributed by atoms with van der Waals surface area (Å²) in [7, 11) is 0. The van der Waals surface area contributed by atoms with Crippen LogP contribution in [0.5, 0.6) is 5.75 Å². The van der Waals surface area contributed by atoms with Crippen LogP contribution in [0.3, 0.4) is 0 Å². The molecule has 0 spiro atoms. The normalized spacial score (nSPS) is 17.4. The number of anilines is 1. The maximum atomic E-state index is 14.5. The number of thiophene rings is 1. The van der Waals surface area contributed by atoms with Gasteiger partial charge in [0.15, 0.2) is 0 Å². The van der Waals surface area contributed by atoms with Crippen LogP contribution in [-0.4, -0.2) is 36.4 Å². The molecule has 0 saturated carbocycles. The van der Waals surface area contributed by atoms with Gasteiger partial charge in [-0.25, -0.2) is 0 Å². The van der Waals surface area contributed by atoms with Gasteiger partial charge in [-0.15, -0.1) is 11.3 Å². The van der Waals surface area contributed by atoms with Crippen molar-refractivity contribution in [3.8, 4) is 5.75 Å². The van der Waals surface area contributed by atoms with Crippen molar-refractivity contribution in [3.05, 3.63) is 82.0 Å². The Kier molecular flexibility index (Phi) is 7.91. The molecule has 2 heterocycles. The maximum Gasteiger partial charge on any atom is 0.254 e. The van der Waals surface area contributed by atoms with Crippen molar-refractivity contribution in [3.63, 3.8) is 0 Å². The molecular formula is C29H34N2O3S. The van der Waals surface area contributed by atoms with Gasteiger partial charge in [0.1, 0.15) is 5.75 Å². The Morgan fingerprint density at radius 2 is 1.80 bits per heavy atom. The summed E-state index contributed by atoms with van der Waals surface area (Å²) in [6.07, 6.45) is 0.825. The number of amides is 2.